The maximum atomic E-state index is 13.7. The number of alkyl halides is 3. The van der Waals surface area contributed by atoms with E-state index < -0.39 is 23.8 Å². The van der Waals surface area contributed by atoms with E-state index in [2.05, 4.69) is 5.10 Å². The molecule has 1 aromatic heterocycles. The van der Waals surface area contributed by atoms with Crippen molar-refractivity contribution in [1.82, 2.24) is 9.78 Å². The van der Waals surface area contributed by atoms with Crippen LogP contribution in [0.4, 0.5) is 17.6 Å². The van der Waals surface area contributed by atoms with Gasteiger partial charge in [-0.15, -0.1) is 0 Å². The van der Waals surface area contributed by atoms with Crippen LogP contribution >= 0.6 is 0 Å². The second-order valence-corrected chi connectivity index (χ2v) is 4.00. The van der Waals surface area contributed by atoms with Crippen LogP contribution in [-0.4, -0.2) is 14.9 Å². The first-order valence-corrected chi connectivity index (χ1v) is 5.40. The van der Waals surface area contributed by atoms with Crippen molar-refractivity contribution in [2.24, 2.45) is 0 Å². The minimum Gasteiger partial charge on any atom is -0.389 e. The molecule has 0 fully saturated rings. The summed E-state index contributed by atoms with van der Waals surface area (Å²) in [5, 5.41) is 12.8. The lowest BCUT2D eigenvalue weighted by Gasteiger charge is -2.12. The number of para-hydroxylation sites is 1. The lowest BCUT2D eigenvalue weighted by molar-refractivity contribution is -0.141. The fraction of sp³-hybridized carbons (Fsp3) is 0.250. The standard InChI is InChI=1S/C12H10F4N2O/c1-7(19)8-3-2-4-9(13)11(8)18-6-5-10(17-18)12(14,15)16/h2-7,19H,1H3/t7-/m1/s1. The number of hydrogen-bond donors (Lipinski definition) is 1. The van der Waals surface area contributed by atoms with E-state index in [1.54, 1.807) is 0 Å². The highest BCUT2D eigenvalue weighted by Crippen LogP contribution is 2.29. The topological polar surface area (TPSA) is 38.0 Å². The molecule has 0 saturated carbocycles. The van der Waals surface area contributed by atoms with Crippen LogP contribution in [0.15, 0.2) is 30.5 Å². The summed E-state index contributed by atoms with van der Waals surface area (Å²) in [4.78, 5) is 0. The molecule has 0 aliphatic carbocycles. The van der Waals surface area contributed by atoms with Gasteiger partial charge in [0, 0.05) is 11.8 Å². The number of hydrogen-bond acceptors (Lipinski definition) is 2. The Morgan fingerprint density at radius 1 is 1.26 bits per heavy atom. The van der Waals surface area contributed by atoms with E-state index in [0.717, 1.165) is 23.0 Å². The van der Waals surface area contributed by atoms with Crippen molar-refractivity contribution in [3.8, 4) is 5.69 Å². The quantitative estimate of drug-likeness (QED) is 0.855. The van der Waals surface area contributed by atoms with Crippen molar-refractivity contribution in [3.63, 3.8) is 0 Å². The van der Waals surface area contributed by atoms with Gasteiger partial charge in [-0.05, 0) is 19.1 Å². The molecule has 0 radical (unpaired) electrons. The number of nitrogens with zero attached hydrogens (tertiary/aromatic N) is 2. The summed E-state index contributed by atoms with van der Waals surface area (Å²) in [6, 6.07) is 4.64. The van der Waals surface area contributed by atoms with Gasteiger partial charge in [0.15, 0.2) is 5.69 Å². The minimum absolute atomic E-state index is 0.164. The largest absolute Gasteiger partial charge is 0.435 e. The molecule has 1 aromatic carbocycles. The average Bonchev–Trinajstić information content (AvgIpc) is 2.77. The van der Waals surface area contributed by atoms with Gasteiger partial charge in [0.25, 0.3) is 0 Å². The predicted molar refractivity (Wildman–Crippen MR) is 59.2 cm³/mol. The molecule has 1 heterocycles. The number of rotatable bonds is 2. The van der Waals surface area contributed by atoms with Crippen molar-refractivity contribution < 1.29 is 22.7 Å². The molecule has 102 valence electrons. The van der Waals surface area contributed by atoms with Gasteiger partial charge in [-0.25, -0.2) is 9.07 Å². The molecular weight excluding hydrogens is 264 g/mol. The van der Waals surface area contributed by atoms with E-state index in [1.807, 2.05) is 0 Å². The molecule has 0 aliphatic rings. The Labute approximate surface area is 106 Å². The third-order valence-electron chi connectivity index (χ3n) is 2.58. The highest BCUT2D eigenvalue weighted by Gasteiger charge is 2.34. The maximum Gasteiger partial charge on any atom is 0.435 e. The SMILES string of the molecule is C[C@@H](O)c1cccc(F)c1-n1ccc(C(F)(F)F)n1. The zero-order valence-electron chi connectivity index (χ0n) is 9.82. The average molecular weight is 274 g/mol. The first-order chi connectivity index (χ1) is 8.80. The minimum atomic E-state index is -4.60. The van der Waals surface area contributed by atoms with Gasteiger partial charge < -0.3 is 5.11 Å². The monoisotopic (exact) mass is 274 g/mol. The van der Waals surface area contributed by atoms with Crippen LogP contribution in [0.5, 0.6) is 0 Å². The van der Waals surface area contributed by atoms with Crippen LogP contribution in [0, 0.1) is 5.82 Å². The molecule has 0 amide bonds. The molecule has 0 spiro atoms. The molecule has 3 nitrogen and oxygen atoms in total. The summed E-state index contributed by atoms with van der Waals surface area (Å²) in [7, 11) is 0. The molecule has 1 N–H and O–H groups in total. The number of benzene rings is 1. The molecule has 19 heavy (non-hydrogen) atoms. The first-order valence-electron chi connectivity index (χ1n) is 5.40. The molecule has 2 aromatic rings. The second-order valence-electron chi connectivity index (χ2n) is 4.00. The zero-order valence-corrected chi connectivity index (χ0v) is 9.82. The fourth-order valence-electron chi connectivity index (χ4n) is 1.71. The highest BCUT2D eigenvalue weighted by molar-refractivity contribution is 5.43. The van der Waals surface area contributed by atoms with Gasteiger partial charge in [0.1, 0.15) is 11.5 Å². The van der Waals surface area contributed by atoms with Crippen LogP contribution < -0.4 is 0 Å². The van der Waals surface area contributed by atoms with Crippen LogP contribution in [0.2, 0.25) is 0 Å². The fourth-order valence-corrected chi connectivity index (χ4v) is 1.71. The van der Waals surface area contributed by atoms with Crippen molar-refractivity contribution in [2.75, 3.05) is 0 Å². The molecule has 1 atom stereocenters. The third kappa shape index (κ3) is 2.60. The van der Waals surface area contributed by atoms with Crippen LogP contribution in [-0.2, 0) is 6.18 Å². The van der Waals surface area contributed by atoms with Crippen LogP contribution in [0.1, 0.15) is 24.3 Å². The van der Waals surface area contributed by atoms with Crippen LogP contribution in [0.25, 0.3) is 5.69 Å². The van der Waals surface area contributed by atoms with E-state index in [4.69, 9.17) is 0 Å². The number of aromatic nitrogens is 2. The zero-order chi connectivity index (χ0) is 14.2. The molecule has 0 bridgehead atoms. The molecule has 2 rings (SSSR count). The maximum absolute atomic E-state index is 13.7. The summed E-state index contributed by atoms with van der Waals surface area (Å²) >= 11 is 0. The normalized spacial score (nSPS) is 13.6. The number of aliphatic hydroxyl groups is 1. The Morgan fingerprint density at radius 3 is 2.47 bits per heavy atom. The number of halogens is 4. The highest BCUT2D eigenvalue weighted by atomic mass is 19.4. The smallest absolute Gasteiger partial charge is 0.389 e. The Morgan fingerprint density at radius 2 is 1.95 bits per heavy atom. The molecule has 7 heteroatoms. The molecular formula is C12H10F4N2O. The molecule has 0 saturated heterocycles. The Balaban J connectivity index is 2.56. The predicted octanol–water partition coefficient (Wildman–Crippen LogP) is 3.08. The van der Waals surface area contributed by atoms with Gasteiger partial charge in [-0.3, -0.25) is 0 Å². The van der Waals surface area contributed by atoms with Gasteiger partial charge in [0.2, 0.25) is 0 Å². The lowest BCUT2D eigenvalue weighted by Crippen LogP contribution is -2.10. The third-order valence-corrected chi connectivity index (χ3v) is 2.58. The van der Waals surface area contributed by atoms with E-state index >= 15 is 0 Å². The number of aliphatic hydroxyl groups excluding tert-OH is 1. The van der Waals surface area contributed by atoms with Crippen molar-refractivity contribution in [2.45, 2.75) is 19.2 Å². The van der Waals surface area contributed by atoms with E-state index in [1.165, 1.54) is 19.1 Å². The summed E-state index contributed by atoms with van der Waals surface area (Å²) in [5.74, 6) is -0.754. The van der Waals surface area contributed by atoms with E-state index in [0.29, 0.717) is 0 Å². The first kappa shape index (κ1) is 13.5. The van der Waals surface area contributed by atoms with E-state index in [-0.39, 0.29) is 11.3 Å². The summed E-state index contributed by atoms with van der Waals surface area (Å²) < 4.78 is 51.9. The van der Waals surface area contributed by atoms with Crippen molar-refractivity contribution >= 4 is 0 Å². The van der Waals surface area contributed by atoms with Crippen LogP contribution in [0.3, 0.4) is 0 Å². The van der Waals surface area contributed by atoms with Gasteiger partial charge in [0.05, 0.1) is 6.10 Å². The van der Waals surface area contributed by atoms with Crippen molar-refractivity contribution in [1.29, 1.82) is 0 Å². The Bertz CT molecular complexity index is 590. The summed E-state index contributed by atoms with van der Waals surface area (Å²) in [6.45, 7) is 1.40. The molecule has 0 aliphatic heterocycles. The van der Waals surface area contributed by atoms with Gasteiger partial charge >= 0.3 is 6.18 Å². The molecule has 0 unspecified atom stereocenters. The van der Waals surface area contributed by atoms with Crippen molar-refractivity contribution in [3.05, 3.63) is 47.5 Å². The summed E-state index contributed by atoms with van der Waals surface area (Å²) in [5.41, 5.74) is -1.14. The Hall–Kier alpha value is -1.89. The lowest BCUT2D eigenvalue weighted by atomic mass is 10.1. The second kappa shape index (κ2) is 4.65. The van der Waals surface area contributed by atoms with E-state index in [9.17, 15) is 22.7 Å². The van der Waals surface area contributed by atoms with Gasteiger partial charge in [-0.2, -0.15) is 18.3 Å². The Kier molecular flexibility index (Phi) is 3.32. The van der Waals surface area contributed by atoms with Gasteiger partial charge in [-0.1, -0.05) is 12.1 Å². The summed E-state index contributed by atoms with van der Waals surface area (Å²) in [6.07, 6.45) is -4.61.